The van der Waals surface area contributed by atoms with Crippen molar-refractivity contribution in [1.29, 1.82) is 0 Å². The molecule has 3 aromatic heterocycles. The van der Waals surface area contributed by atoms with Crippen molar-refractivity contribution in [3.05, 3.63) is 97.0 Å². The Kier molecular flexibility index (Phi) is 5.36. The van der Waals surface area contributed by atoms with E-state index in [4.69, 9.17) is 5.73 Å². The van der Waals surface area contributed by atoms with Crippen LogP contribution in [0.2, 0.25) is 0 Å². The molecule has 0 atom stereocenters. The molecule has 4 rings (SSSR count). The molecule has 31 heavy (non-hydrogen) atoms. The van der Waals surface area contributed by atoms with Gasteiger partial charge in [0.25, 0.3) is 0 Å². The Morgan fingerprint density at radius 3 is 2.23 bits per heavy atom. The highest BCUT2D eigenvalue weighted by atomic mass is 19.1. The van der Waals surface area contributed by atoms with Crippen molar-refractivity contribution in [3.63, 3.8) is 0 Å². The summed E-state index contributed by atoms with van der Waals surface area (Å²) in [5.41, 5.74) is 7.81. The smallest absolute Gasteiger partial charge is 0.149 e. The van der Waals surface area contributed by atoms with Gasteiger partial charge >= 0.3 is 0 Å². The Bertz CT molecular complexity index is 1270. The molecule has 5 nitrogen and oxygen atoms in total. The van der Waals surface area contributed by atoms with E-state index < -0.39 is 17.5 Å². The number of nitrogens with two attached hydrogens (primary N) is 1. The number of aromatic nitrogens is 3. The molecule has 0 saturated carbocycles. The average Bonchev–Trinajstić information content (AvgIpc) is 2.75. The lowest BCUT2D eigenvalue weighted by Gasteiger charge is -2.16. The van der Waals surface area contributed by atoms with Crippen LogP contribution in [0.15, 0.2) is 73.8 Å². The molecule has 8 heteroatoms. The lowest BCUT2D eigenvalue weighted by Crippen LogP contribution is -2.06. The highest BCUT2D eigenvalue weighted by molar-refractivity contribution is 5.87. The van der Waals surface area contributed by atoms with Crippen molar-refractivity contribution in [1.82, 2.24) is 15.0 Å². The summed E-state index contributed by atoms with van der Waals surface area (Å²) in [7, 11) is 0. The van der Waals surface area contributed by atoms with Crippen LogP contribution in [0.1, 0.15) is 5.69 Å². The normalized spacial score (nSPS) is 10.7. The van der Waals surface area contributed by atoms with Gasteiger partial charge in [-0.25, -0.2) is 18.2 Å². The van der Waals surface area contributed by atoms with Crippen LogP contribution in [0.4, 0.5) is 24.5 Å². The van der Waals surface area contributed by atoms with Gasteiger partial charge in [0.1, 0.15) is 23.1 Å². The highest BCUT2D eigenvalue weighted by Gasteiger charge is 2.17. The van der Waals surface area contributed by atoms with Crippen molar-refractivity contribution in [2.45, 2.75) is 0 Å². The molecule has 3 heterocycles. The molecule has 0 aliphatic carbocycles. The van der Waals surface area contributed by atoms with Gasteiger partial charge in [-0.15, -0.1) is 0 Å². The monoisotopic (exact) mass is 419 g/mol. The molecule has 0 saturated heterocycles. The quantitative estimate of drug-likeness (QED) is 0.460. The number of pyridine rings is 3. The van der Waals surface area contributed by atoms with Gasteiger partial charge in [-0.1, -0.05) is 12.6 Å². The van der Waals surface area contributed by atoms with Gasteiger partial charge in [0.2, 0.25) is 0 Å². The van der Waals surface area contributed by atoms with Gasteiger partial charge in [0.15, 0.2) is 0 Å². The van der Waals surface area contributed by atoms with Crippen molar-refractivity contribution >= 4 is 17.1 Å². The minimum absolute atomic E-state index is 0.0642. The molecule has 0 radical (unpaired) electrons. The van der Waals surface area contributed by atoms with Gasteiger partial charge in [-0.05, 0) is 36.4 Å². The van der Waals surface area contributed by atoms with E-state index >= 15 is 0 Å². The third-order valence-corrected chi connectivity index (χ3v) is 4.60. The van der Waals surface area contributed by atoms with Gasteiger partial charge in [0, 0.05) is 23.5 Å². The van der Waals surface area contributed by atoms with E-state index in [1.54, 1.807) is 6.07 Å². The number of nitrogens with zero attached hydrogens (tertiary/aromatic N) is 3. The van der Waals surface area contributed by atoms with Crippen LogP contribution in [0.5, 0.6) is 0 Å². The number of nitrogens with one attached hydrogen (secondary N) is 1. The van der Waals surface area contributed by atoms with Gasteiger partial charge in [-0.2, -0.15) is 0 Å². The summed E-state index contributed by atoms with van der Waals surface area (Å²) in [6, 6.07) is 9.65. The molecule has 0 fully saturated rings. The van der Waals surface area contributed by atoms with E-state index in [2.05, 4.69) is 26.8 Å². The van der Waals surface area contributed by atoms with E-state index in [1.165, 1.54) is 42.9 Å². The lowest BCUT2D eigenvalue weighted by molar-refractivity contribution is 0.588. The summed E-state index contributed by atoms with van der Waals surface area (Å²) >= 11 is 0. The zero-order chi connectivity index (χ0) is 22.0. The Morgan fingerprint density at radius 1 is 0.839 bits per heavy atom. The molecular formula is C23H16F3N5. The second kappa shape index (κ2) is 8.27. The number of nitrogen functional groups attached to an aromatic ring is 1. The minimum Gasteiger partial charge on any atom is -0.397 e. The molecular weight excluding hydrogens is 403 g/mol. The van der Waals surface area contributed by atoms with Crippen LogP contribution in [-0.4, -0.2) is 15.0 Å². The number of benzene rings is 1. The fraction of sp³-hybridized carbons (Fsp3) is 0. The molecule has 0 amide bonds. The first kappa shape index (κ1) is 20.1. The minimum atomic E-state index is -0.746. The summed E-state index contributed by atoms with van der Waals surface area (Å²) in [5.74, 6) is -1.99. The Labute approximate surface area is 176 Å². The largest absolute Gasteiger partial charge is 0.397 e. The van der Waals surface area contributed by atoms with Gasteiger partial charge in [0.05, 0.1) is 40.7 Å². The third-order valence-electron chi connectivity index (χ3n) is 4.60. The molecule has 1 aromatic carbocycles. The summed E-state index contributed by atoms with van der Waals surface area (Å²) < 4.78 is 42.7. The Hall–Kier alpha value is -4.20. The molecule has 154 valence electrons. The van der Waals surface area contributed by atoms with E-state index in [0.717, 1.165) is 18.3 Å². The molecule has 0 bridgehead atoms. The summed E-state index contributed by atoms with van der Waals surface area (Å²) in [6.45, 7) is 3.94. The topological polar surface area (TPSA) is 76.7 Å². The first-order valence-corrected chi connectivity index (χ1v) is 9.17. The third kappa shape index (κ3) is 3.95. The number of hydrogen-bond donors (Lipinski definition) is 2. The maximum Gasteiger partial charge on any atom is 0.149 e. The maximum atomic E-state index is 14.3. The summed E-state index contributed by atoms with van der Waals surface area (Å²) in [6.07, 6.45) is 5.61. The summed E-state index contributed by atoms with van der Waals surface area (Å²) in [5, 5.41) is 3.03. The van der Waals surface area contributed by atoms with Crippen molar-refractivity contribution in [2.24, 2.45) is 0 Å². The van der Waals surface area contributed by atoms with Crippen molar-refractivity contribution in [3.8, 4) is 22.4 Å². The molecule has 4 aromatic rings. The van der Waals surface area contributed by atoms with Gasteiger partial charge in [-0.3, -0.25) is 9.97 Å². The maximum absolute atomic E-state index is 14.3. The van der Waals surface area contributed by atoms with E-state index in [-0.39, 0.29) is 28.3 Å². The Balaban J connectivity index is 1.72. The first-order valence-electron chi connectivity index (χ1n) is 9.17. The lowest BCUT2D eigenvalue weighted by atomic mass is 10.1. The van der Waals surface area contributed by atoms with Crippen LogP contribution in [-0.2, 0) is 0 Å². The van der Waals surface area contributed by atoms with Crippen LogP contribution >= 0.6 is 0 Å². The average molecular weight is 419 g/mol. The van der Waals surface area contributed by atoms with Crippen LogP contribution in [0.3, 0.4) is 0 Å². The number of rotatable bonds is 5. The van der Waals surface area contributed by atoms with Crippen LogP contribution in [0, 0.1) is 17.5 Å². The number of anilines is 2. The van der Waals surface area contributed by atoms with Crippen LogP contribution in [0.25, 0.3) is 28.1 Å². The SMILES string of the molecule is C=C(Nc1cnccc1-c1ccncc1F)c1nc(-c2c(F)cccc2F)ccc1N. The summed E-state index contributed by atoms with van der Waals surface area (Å²) in [4.78, 5) is 12.1. The van der Waals surface area contributed by atoms with E-state index in [0.29, 0.717) is 16.8 Å². The van der Waals surface area contributed by atoms with Crippen LogP contribution < -0.4 is 11.1 Å². The number of hydrogen-bond acceptors (Lipinski definition) is 5. The molecule has 0 unspecified atom stereocenters. The second-order valence-corrected chi connectivity index (χ2v) is 6.61. The second-order valence-electron chi connectivity index (χ2n) is 6.61. The predicted molar refractivity (Wildman–Crippen MR) is 114 cm³/mol. The van der Waals surface area contributed by atoms with Gasteiger partial charge < -0.3 is 11.1 Å². The molecule has 0 spiro atoms. The van der Waals surface area contributed by atoms with E-state index in [1.807, 2.05) is 0 Å². The molecule has 3 N–H and O–H groups in total. The molecule has 0 aliphatic rings. The van der Waals surface area contributed by atoms with Crippen molar-refractivity contribution in [2.75, 3.05) is 11.1 Å². The fourth-order valence-electron chi connectivity index (χ4n) is 3.14. The standard InChI is InChI=1S/C23H16F3N5/c1-13(30-21-12-29-10-8-15(21)14-7-9-28-11-18(14)26)23-19(27)5-6-20(31-23)22-16(24)3-2-4-17(22)25/h2-12,30H,1,27H2. The number of halogens is 3. The fourth-order valence-corrected chi connectivity index (χ4v) is 3.14. The van der Waals surface area contributed by atoms with E-state index in [9.17, 15) is 13.2 Å². The highest BCUT2D eigenvalue weighted by Crippen LogP contribution is 2.32. The Morgan fingerprint density at radius 2 is 1.52 bits per heavy atom. The first-order chi connectivity index (χ1) is 15.0. The zero-order valence-corrected chi connectivity index (χ0v) is 16.1. The predicted octanol–water partition coefficient (Wildman–Crippen LogP) is 5.29. The zero-order valence-electron chi connectivity index (χ0n) is 16.1. The molecule has 0 aliphatic heterocycles. The van der Waals surface area contributed by atoms with Crippen molar-refractivity contribution < 1.29 is 13.2 Å².